The van der Waals surface area contributed by atoms with Gasteiger partial charge in [0.25, 0.3) is 0 Å². The summed E-state index contributed by atoms with van der Waals surface area (Å²) >= 11 is 9.76. The number of hydrogen-bond donors (Lipinski definition) is 0. The van der Waals surface area contributed by atoms with E-state index in [0.717, 1.165) is 26.2 Å². The van der Waals surface area contributed by atoms with Crippen molar-refractivity contribution in [2.45, 2.75) is 27.7 Å². The Balaban J connectivity index is 4.59. The minimum absolute atomic E-state index is 1.01. The first-order chi connectivity index (χ1) is 6.04. The van der Waals surface area contributed by atoms with Gasteiger partial charge in [0.15, 0.2) is 0 Å². The molecule has 0 unspecified atom stereocenters. The van der Waals surface area contributed by atoms with Gasteiger partial charge in [0, 0.05) is 0 Å². The molecule has 0 aliphatic heterocycles. The van der Waals surface area contributed by atoms with Gasteiger partial charge in [-0.15, -0.1) is 0 Å². The molecule has 0 aromatic rings. The molecule has 0 rings (SSSR count). The Morgan fingerprint density at radius 1 is 0.923 bits per heavy atom. The first kappa shape index (κ1) is 14.2. The Hall–Kier alpha value is 1.16. The van der Waals surface area contributed by atoms with Gasteiger partial charge in [0.05, 0.1) is 0 Å². The quantitative estimate of drug-likeness (QED) is 0.548. The van der Waals surface area contributed by atoms with Crippen LogP contribution in [0.1, 0.15) is 27.7 Å². The van der Waals surface area contributed by atoms with Crippen LogP contribution in [0.2, 0.25) is 0 Å². The summed E-state index contributed by atoms with van der Waals surface area (Å²) in [6.45, 7) is 12.7. The van der Waals surface area contributed by atoms with Crippen molar-refractivity contribution in [3.05, 3.63) is 0 Å². The predicted octanol–water partition coefficient (Wildman–Crippen LogP) is 2.75. The number of halogens is 1. The van der Waals surface area contributed by atoms with Crippen LogP contribution in [-0.4, -0.2) is 50.6 Å². The molecule has 0 aliphatic carbocycles. The van der Waals surface area contributed by atoms with Gasteiger partial charge in [-0.25, -0.2) is 0 Å². The van der Waals surface area contributed by atoms with Crippen molar-refractivity contribution in [3.63, 3.8) is 0 Å². The molecular formula is C8H20ClN2PSe. The number of hydrogen-bond acceptors (Lipinski definition) is 2. The molecule has 0 atom stereocenters. The fraction of sp³-hybridized carbons (Fsp3) is 1.00. The molecular weight excluding hydrogens is 269 g/mol. The van der Waals surface area contributed by atoms with Crippen molar-refractivity contribution < 1.29 is 0 Å². The molecule has 0 N–H and O–H groups in total. The standard InChI is InChI=1S/C8H20ClN2PSe/c1-5-10(6-2)12(9,13)11(7-3)8-4/h5-8H2,1-4H3. The van der Waals surface area contributed by atoms with Gasteiger partial charge >= 0.3 is 94.7 Å². The zero-order valence-electron chi connectivity index (χ0n) is 8.96. The van der Waals surface area contributed by atoms with E-state index in [1.165, 1.54) is 0 Å². The summed E-state index contributed by atoms with van der Waals surface area (Å²) in [4.78, 5) is 0. The van der Waals surface area contributed by atoms with Gasteiger partial charge in [-0.3, -0.25) is 0 Å². The second-order valence-corrected chi connectivity index (χ2v) is 10.8. The summed E-state index contributed by atoms with van der Waals surface area (Å²) in [7, 11) is 0. The number of nitrogens with zero attached hydrogens (tertiary/aromatic N) is 2. The van der Waals surface area contributed by atoms with E-state index in [-0.39, 0.29) is 0 Å². The number of rotatable bonds is 6. The molecule has 13 heavy (non-hydrogen) atoms. The molecule has 0 aliphatic rings. The molecule has 0 saturated carbocycles. The summed E-state index contributed by atoms with van der Waals surface area (Å²) < 4.78 is 4.64. The monoisotopic (exact) mass is 290 g/mol. The maximum atomic E-state index is 6.58. The molecule has 0 spiro atoms. The minimum atomic E-state index is -1.65. The van der Waals surface area contributed by atoms with Crippen molar-refractivity contribution in [3.8, 4) is 0 Å². The van der Waals surface area contributed by atoms with Gasteiger partial charge < -0.3 is 0 Å². The normalized spacial score (nSPS) is 12.8. The van der Waals surface area contributed by atoms with Crippen LogP contribution in [-0.2, 0) is 0 Å². The van der Waals surface area contributed by atoms with E-state index in [1.54, 1.807) is 0 Å². The van der Waals surface area contributed by atoms with E-state index in [0.29, 0.717) is 0 Å². The topological polar surface area (TPSA) is 6.48 Å². The molecule has 0 fully saturated rings. The van der Waals surface area contributed by atoms with E-state index in [9.17, 15) is 0 Å². The summed E-state index contributed by atoms with van der Waals surface area (Å²) in [5, 5.41) is -1.65. The molecule has 0 amide bonds. The molecule has 5 heteroatoms. The van der Waals surface area contributed by atoms with E-state index in [2.05, 4.69) is 52.1 Å². The third-order valence-electron chi connectivity index (χ3n) is 2.16. The van der Waals surface area contributed by atoms with E-state index in [4.69, 9.17) is 11.2 Å². The maximum absolute atomic E-state index is 6.58. The summed E-state index contributed by atoms with van der Waals surface area (Å²) in [6.07, 6.45) is 0. The van der Waals surface area contributed by atoms with Crippen molar-refractivity contribution in [2.75, 3.05) is 26.2 Å². The molecule has 0 heterocycles. The SMILES string of the molecule is CCN(CC)P(Cl)(=[Se])N(CC)CC. The van der Waals surface area contributed by atoms with E-state index >= 15 is 0 Å². The van der Waals surface area contributed by atoms with Gasteiger partial charge in [0.2, 0.25) is 0 Å². The molecule has 0 radical (unpaired) electrons. The third kappa shape index (κ3) is 3.66. The Morgan fingerprint density at radius 3 is 1.31 bits per heavy atom. The van der Waals surface area contributed by atoms with Gasteiger partial charge in [-0.1, -0.05) is 0 Å². The van der Waals surface area contributed by atoms with Crippen LogP contribution in [0.15, 0.2) is 0 Å². The van der Waals surface area contributed by atoms with Crippen LogP contribution in [0.5, 0.6) is 0 Å². The fourth-order valence-electron chi connectivity index (χ4n) is 1.32. The Labute approximate surface area is 94.7 Å². The van der Waals surface area contributed by atoms with Crippen LogP contribution >= 0.6 is 16.4 Å². The Kier molecular flexibility index (Phi) is 7.20. The molecule has 80 valence electrons. The third-order valence-corrected chi connectivity index (χ3v) is 8.87. The summed E-state index contributed by atoms with van der Waals surface area (Å²) in [5.41, 5.74) is 0. The van der Waals surface area contributed by atoms with Gasteiger partial charge in [0.1, 0.15) is 0 Å². The van der Waals surface area contributed by atoms with Crippen molar-refractivity contribution in [1.82, 2.24) is 9.34 Å². The van der Waals surface area contributed by atoms with Crippen LogP contribution in [0.25, 0.3) is 0 Å². The Morgan fingerprint density at radius 2 is 1.15 bits per heavy atom. The van der Waals surface area contributed by atoms with E-state index in [1.807, 2.05) is 0 Å². The van der Waals surface area contributed by atoms with E-state index < -0.39 is 5.16 Å². The van der Waals surface area contributed by atoms with Crippen LogP contribution in [0.3, 0.4) is 0 Å². The first-order valence-electron chi connectivity index (χ1n) is 4.84. The van der Waals surface area contributed by atoms with Crippen LogP contribution in [0.4, 0.5) is 0 Å². The fourth-order valence-corrected chi connectivity index (χ4v) is 7.27. The summed E-state index contributed by atoms with van der Waals surface area (Å²) in [5.74, 6) is 0. The molecule has 0 bridgehead atoms. The summed E-state index contributed by atoms with van der Waals surface area (Å²) in [6, 6.07) is 0. The second-order valence-electron chi connectivity index (χ2n) is 2.75. The molecule has 0 aromatic heterocycles. The Bertz CT molecular complexity index is 165. The molecule has 0 saturated heterocycles. The van der Waals surface area contributed by atoms with Crippen LogP contribution < -0.4 is 0 Å². The van der Waals surface area contributed by atoms with Gasteiger partial charge in [-0.05, 0) is 0 Å². The van der Waals surface area contributed by atoms with Crippen molar-refractivity contribution in [1.29, 1.82) is 0 Å². The average molecular weight is 290 g/mol. The van der Waals surface area contributed by atoms with Crippen molar-refractivity contribution >= 4 is 31.5 Å². The van der Waals surface area contributed by atoms with Gasteiger partial charge in [-0.2, -0.15) is 0 Å². The zero-order valence-corrected chi connectivity index (χ0v) is 12.3. The average Bonchev–Trinajstić information content (AvgIpc) is 2.07. The van der Waals surface area contributed by atoms with Crippen LogP contribution in [0, 0.1) is 0 Å². The second kappa shape index (κ2) is 6.61. The molecule has 0 aromatic carbocycles. The predicted molar refractivity (Wildman–Crippen MR) is 64.4 cm³/mol. The van der Waals surface area contributed by atoms with Crippen molar-refractivity contribution in [2.24, 2.45) is 0 Å². The molecule has 2 nitrogen and oxygen atoms in total. The zero-order chi connectivity index (χ0) is 10.5. The first-order valence-corrected chi connectivity index (χ1v) is 9.66.